The number of hydrogen-bond acceptors (Lipinski definition) is 4. The minimum Gasteiger partial charge on any atom is -0.335 e. The van der Waals surface area contributed by atoms with E-state index in [-0.39, 0.29) is 5.91 Å². The van der Waals surface area contributed by atoms with Crippen LogP contribution in [0.4, 0.5) is 0 Å². The first kappa shape index (κ1) is 15.5. The van der Waals surface area contributed by atoms with E-state index < -0.39 is 0 Å². The fourth-order valence-corrected chi connectivity index (χ4v) is 3.87. The van der Waals surface area contributed by atoms with Crippen LogP contribution in [0.5, 0.6) is 0 Å². The second-order valence-corrected chi connectivity index (χ2v) is 7.37. The summed E-state index contributed by atoms with van der Waals surface area (Å²) in [6, 6.07) is 5.86. The average Bonchev–Trinajstić information content (AvgIpc) is 3.04. The Morgan fingerprint density at radius 3 is 2.59 bits per heavy atom. The third-order valence-corrected chi connectivity index (χ3v) is 5.10. The first-order valence-electron chi connectivity index (χ1n) is 7.29. The standard InChI is InChI=1S/C15H19ClN4OS/c1-11-9-13(18(2)17-11)15(21)20-7-5-19(6-8-20)10-12-3-4-14(16)22-12/h3-4,9H,5-8,10H2,1-2H3. The molecule has 0 aromatic carbocycles. The molecule has 0 atom stereocenters. The Morgan fingerprint density at radius 2 is 2.05 bits per heavy atom. The van der Waals surface area contributed by atoms with Crippen molar-refractivity contribution in [2.45, 2.75) is 13.5 Å². The van der Waals surface area contributed by atoms with Gasteiger partial charge in [-0.05, 0) is 25.1 Å². The van der Waals surface area contributed by atoms with Gasteiger partial charge in [-0.1, -0.05) is 11.6 Å². The van der Waals surface area contributed by atoms with E-state index in [0.29, 0.717) is 5.69 Å². The fraction of sp³-hybridized carbons (Fsp3) is 0.467. The predicted octanol–water partition coefficient (Wildman–Crippen LogP) is 2.40. The van der Waals surface area contributed by atoms with E-state index in [2.05, 4.69) is 16.1 Å². The molecule has 0 bridgehead atoms. The van der Waals surface area contributed by atoms with E-state index in [4.69, 9.17) is 11.6 Å². The molecule has 2 aromatic rings. The summed E-state index contributed by atoms with van der Waals surface area (Å²) in [6.07, 6.45) is 0. The van der Waals surface area contributed by atoms with Crippen LogP contribution in [-0.4, -0.2) is 51.7 Å². The van der Waals surface area contributed by atoms with Crippen molar-refractivity contribution in [1.82, 2.24) is 19.6 Å². The van der Waals surface area contributed by atoms with E-state index >= 15 is 0 Å². The molecule has 1 saturated heterocycles. The SMILES string of the molecule is Cc1cc(C(=O)N2CCN(Cc3ccc(Cl)s3)CC2)n(C)n1. The van der Waals surface area contributed by atoms with Crippen molar-refractivity contribution in [3.05, 3.63) is 38.8 Å². The molecular formula is C15H19ClN4OS. The maximum atomic E-state index is 12.5. The third-order valence-electron chi connectivity index (χ3n) is 3.89. The molecule has 0 unspecified atom stereocenters. The third kappa shape index (κ3) is 3.34. The molecule has 3 heterocycles. The van der Waals surface area contributed by atoms with Gasteiger partial charge in [-0.25, -0.2) is 0 Å². The van der Waals surface area contributed by atoms with Gasteiger partial charge < -0.3 is 4.90 Å². The van der Waals surface area contributed by atoms with Crippen molar-refractivity contribution in [3.8, 4) is 0 Å². The van der Waals surface area contributed by atoms with Crippen molar-refractivity contribution < 1.29 is 4.79 Å². The number of rotatable bonds is 3. The van der Waals surface area contributed by atoms with Crippen LogP contribution in [0, 0.1) is 6.92 Å². The Kier molecular flexibility index (Phi) is 4.52. The molecule has 0 aliphatic carbocycles. The highest BCUT2D eigenvalue weighted by atomic mass is 35.5. The molecule has 3 rings (SSSR count). The second kappa shape index (κ2) is 6.40. The lowest BCUT2D eigenvalue weighted by molar-refractivity contribution is 0.0619. The summed E-state index contributed by atoms with van der Waals surface area (Å²) in [5.41, 5.74) is 1.54. The van der Waals surface area contributed by atoms with Gasteiger partial charge in [-0.2, -0.15) is 5.10 Å². The molecule has 0 saturated carbocycles. The molecular weight excluding hydrogens is 320 g/mol. The monoisotopic (exact) mass is 338 g/mol. The largest absolute Gasteiger partial charge is 0.335 e. The summed E-state index contributed by atoms with van der Waals surface area (Å²) in [7, 11) is 1.82. The first-order valence-corrected chi connectivity index (χ1v) is 8.49. The molecule has 0 radical (unpaired) electrons. The lowest BCUT2D eigenvalue weighted by Gasteiger charge is -2.34. The molecule has 0 N–H and O–H groups in total. The maximum Gasteiger partial charge on any atom is 0.272 e. The molecule has 1 amide bonds. The van der Waals surface area contributed by atoms with Gasteiger partial charge in [0.05, 0.1) is 10.0 Å². The highest BCUT2D eigenvalue weighted by Crippen LogP contribution is 2.23. The molecule has 2 aromatic heterocycles. The number of thiophene rings is 1. The summed E-state index contributed by atoms with van der Waals surface area (Å²) in [4.78, 5) is 18.1. The lowest BCUT2D eigenvalue weighted by Crippen LogP contribution is -2.48. The number of hydrogen-bond donors (Lipinski definition) is 0. The van der Waals surface area contributed by atoms with E-state index in [0.717, 1.165) is 42.8 Å². The van der Waals surface area contributed by atoms with E-state index in [9.17, 15) is 4.79 Å². The molecule has 118 valence electrons. The number of piperazine rings is 1. The quantitative estimate of drug-likeness (QED) is 0.863. The van der Waals surface area contributed by atoms with Crippen molar-refractivity contribution in [2.75, 3.05) is 26.2 Å². The van der Waals surface area contributed by atoms with Crippen LogP contribution in [0.25, 0.3) is 0 Å². The van der Waals surface area contributed by atoms with E-state index in [1.165, 1.54) is 4.88 Å². The summed E-state index contributed by atoms with van der Waals surface area (Å²) in [5, 5.41) is 4.25. The Bertz CT molecular complexity index is 673. The van der Waals surface area contributed by atoms with Crippen LogP contribution in [0.2, 0.25) is 4.34 Å². The topological polar surface area (TPSA) is 41.4 Å². The Balaban J connectivity index is 1.57. The van der Waals surface area contributed by atoms with Crippen LogP contribution in [0.15, 0.2) is 18.2 Å². The number of carbonyl (C=O) groups is 1. The number of aromatic nitrogens is 2. The smallest absolute Gasteiger partial charge is 0.272 e. The van der Waals surface area contributed by atoms with Crippen molar-refractivity contribution in [3.63, 3.8) is 0 Å². The van der Waals surface area contributed by atoms with Gasteiger partial charge in [0.25, 0.3) is 5.91 Å². The normalized spacial score (nSPS) is 16.2. The van der Waals surface area contributed by atoms with Crippen LogP contribution < -0.4 is 0 Å². The lowest BCUT2D eigenvalue weighted by atomic mass is 10.2. The molecule has 1 aliphatic rings. The summed E-state index contributed by atoms with van der Waals surface area (Å²) < 4.78 is 2.49. The van der Waals surface area contributed by atoms with Crippen LogP contribution in [-0.2, 0) is 13.6 Å². The second-order valence-electron chi connectivity index (χ2n) is 5.57. The van der Waals surface area contributed by atoms with Gasteiger partial charge in [-0.15, -0.1) is 11.3 Å². The number of aryl methyl sites for hydroxylation is 2. The Labute approximate surface area is 139 Å². The predicted molar refractivity (Wildman–Crippen MR) is 88.5 cm³/mol. The van der Waals surface area contributed by atoms with Crippen molar-refractivity contribution in [1.29, 1.82) is 0 Å². The molecule has 5 nitrogen and oxygen atoms in total. The number of nitrogens with zero attached hydrogens (tertiary/aromatic N) is 4. The van der Waals surface area contributed by atoms with E-state index in [1.54, 1.807) is 16.0 Å². The first-order chi connectivity index (χ1) is 10.5. The zero-order chi connectivity index (χ0) is 15.7. The molecule has 1 aliphatic heterocycles. The highest BCUT2D eigenvalue weighted by Gasteiger charge is 2.24. The zero-order valence-corrected chi connectivity index (χ0v) is 14.3. The van der Waals surface area contributed by atoms with Crippen LogP contribution in [0.1, 0.15) is 21.1 Å². The molecule has 1 fully saturated rings. The summed E-state index contributed by atoms with van der Waals surface area (Å²) in [6.45, 7) is 6.09. The molecule has 22 heavy (non-hydrogen) atoms. The van der Waals surface area contributed by atoms with Crippen LogP contribution in [0.3, 0.4) is 0 Å². The van der Waals surface area contributed by atoms with Gasteiger partial charge in [0, 0.05) is 44.6 Å². The average molecular weight is 339 g/mol. The Hall–Kier alpha value is -1.37. The Morgan fingerprint density at radius 1 is 1.32 bits per heavy atom. The summed E-state index contributed by atoms with van der Waals surface area (Å²) >= 11 is 7.59. The van der Waals surface area contributed by atoms with Gasteiger partial charge in [-0.3, -0.25) is 14.4 Å². The van der Waals surface area contributed by atoms with Gasteiger partial charge in [0.2, 0.25) is 0 Å². The molecule has 7 heteroatoms. The number of amides is 1. The van der Waals surface area contributed by atoms with Gasteiger partial charge in [0.1, 0.15) is 5.69 Å². The molecule has 0 spiro atoms. The van der Waals surface area contributed by atoms with Crippen LogP contribution >= 0.6 is 22.9 Å². The summed E-state index contributed by atoms with van der Waals surface area (Å²) in [5.74, 6) is 0.0712. The fourth-order valence-electron chi connectivity index (χ4n) is 2.74. The minimum atomic E-state index is 0.0712. The van der Waals surface area contributed by atoms with Gasteiger partial charge >= 0.3 is 0 Å². The van der Waals surface area contributed by atoms with Gasteiger partial charge in [0.15, 0.2) is 0 Å². The number of halogens is 1. The highest BCUT2D eigenvalue weighted by molar-refractivity contribution is 7.16. The maximum absolute atomic E-state index is 12.5. The van der Waals surface area contributed by atoms with Crippen molar-refractivity contribution in [2.24, 2.45) is 7.05 Å². The van der Waals surface area contributed by atoms with E-state index in [1.807, 2.05) is 31.0 Å². The number of carbonyl (C=O) groups excluding carboxylic acids is 1. The zero-order valence-electron chi connectivity index (χ0n) is 12.8. The minimum absolute atomic E-state index is 0.0712. The van der Waals surface area contributed by atoms with Crippen molar-refractivity contribution >= 4 is 28.8 Å².